The summed E-state index contributed by atoms with van der Waals surface area (Å²) in [7, 11) is 0. The Bertz CT molecular complexity index is 2970. The molecule has 2 fully saturated rings. The van der Waals surface area contributed by atoms with Gasteiger partial charge in [0, 0.05) is 66.8 Å². The van der Waals surface area contributed by atoms with Gasteiger partial charge in [0.15, 0.2) is 28.9 Å². The Morgan fingerprint density at radius 2 is 0.528 bits per heavy atom. The smallest absolute Gasteiger partial charge is 0.194 e. The van der Waals surface area contributed by atoms with Gasteiger partial charge in [0.25, 0.3) is 0 Å². The van der Waals surface area contributed by atoms with E-state index in [0.29, 0.717) is 70.2 Å². The summed E-state index contributed by atoms with van der Waals surface area (Å²) in [6.45, 7) is 22.8. The number of hydrogen-bond donors (Lipinski definition) is 2. The zero-order chi connectivity index (χ0) is 52.3. The number of benzene rings is 6. The molecule has 0 aromatic heterocycles. The largest absolute Gasteiger partial charge is 0.385 e. The van der Waals surface area contributed by atoms with Crippen LogP contribution in [0.15, 0.2) is 72.8 Å². The monoisotopic (exact) mass is 963 g/mol. The van der Waals surface area contributed by atoms with Crippen molar-refractivity contribution in [2.24, 2.45) is 0 Å². The van der Waals surface area contributed by atoms with E-state index in [2.05, 4.69) is 0 Å². The lowest BCUT2D eigenvalue weighted by Gasteiger charge is -2.38. The minimum Gasteiger partial charge on any atom is -0.385 e. The number of aryl methyl sites for hydroxylation is 12. The van der Waals surface area contributed by atoms with Crippen LogP contribution in [0.2, 0.25) is 0 Å². The van der Waals surface area contributed by atoms with Crippen LogP contribution in [0.4, 0.5) is 0 Å². The van der Waals surface area contributed by atoms with Gasteiger partial charge in [-0.25, -0.2) is 0 Å². The third kappa shape index (κ3) is 9.31. The molecule has 2 saturated carbocycles. The predicted molar refractivity (Wildman–Crippen MR) is 287 cm³/mol. The summed E-state index contributed by atoms with van der Waals surface area (Å²) in [6, 6.07) is 21.7. The van der Waals surface area contributed by atoms with Crippen LogP contribution < -0.4 is 0 Å². The molecule has 8 rings (SSSR count). The summed E-state index contributed by atoms with van der Waals surface area (Å²) in [6.07, 6.45) is 5.05. The van der Waals surface area contributed by atoms with Gasteiger partial charge in [-0.05, 0) is 178 Å². The Morgan fingerprint density at radius 1 is 0.306 bits per heavy atom. The van der Waals surface area contributed by atoms with Crippen LogP contribution in [0.1, 0.15) is 222 Å². The Labute approximate surface area is 426 Å². The molecular weight excluding hydrogens is 893 g/mol. The zero-order valence-electron chi connectivity index (χ0n) is 44.4. The normalized spacial score (nSPS) is 15.3. The highest BCUT2D eigenvalue weighted by Gasteiger charge is 2.45. The molecule has 0 saturated heterocycles. The second-order valence-corrected chi connectivity index (χ2v) is 21.7. The SMILES string of the molecule is Cc1cc(C)c(C(=O)c2ccc(C(=O)c3ccc(C(=O)c4c(C)cc(C)cc4C)c(C(=O)c4c(C)cc(C)cc4C)c3C3(O)CCCCC3)c(C3(O)CCCCC3)c2C(=O)c2c(C)cc(C)cc2C)c(C)c1. The summed E-state index contributed by atoms with van der Waals surface area (Å²) in [5.41, 5.74) is 8.13. The first kappa shape index (κ1) is 51.9. The summed E-state index contributed by atoms with van der Waals surface area (Å²) in [5.74, 6) is -2.37. The van der Waals surface area contributed by atoms with Gasteiger partial charge in [-0.15, -0.1) is 0 Å². The molecule has 0 unspecified atom stereocenters. The summed E-state index contributed by atoms with van der Waals surface area (Å²) in [4.78, 5) is 78.9. The molecule has 0 bridgehead atoms. The number of rotatable bonds is 12. The second kappa shape index (κ2) is 19.9. The van der Waals surface area contributed by atoms with E-state index >= 15 is 24.0 Å². The van der Waals surface area contributed by atoms with E-state index < -0.39 is 40.1 Å². The lowest BCUT2D eigenvalue weighted by molar-refractivity contribution is -0.00261. The van der Waals surface area contributed by atoms with Gasteiger partial charge in [-0.3, -0.25) is 24.0 Å². The maximum atomic E-state index is 16.4. The fraction of sp³-hybridized carbons (Fsp3) is 0.369. The van der Waals surface area contributed by atoms with Crippen molar-refractivity contribution in [1.82, 2.24) is 0 Å². The van der Waals surface area contributed by atoms with E-state index in [-0.39, 0.29) is 70.2 Å². The molecule has 2 N–H and O–H groups in total. The zero-order valence-corrected chi connectivity index (χ0v) is 44.4. The van der Waals surface area contributed by atoms with E-state index in [9.17, 15) is 10.2 Å². The van der Waals surface area contributed by atoms with Gasteiger partial charge in [-0.1, -0.05) is 109 Å². The van der Waals surface area contributed by atoms with Gasteiger partial charge in [0.2, 0.25) is 0 Å². The van der Waals surface area contributed by atoms with Crippen molar-refractivity contribution in [3.8, 4) is 0 Å². The highest BCUT2D eigenvalue weighted by molar-refractivity contribution is 6.26. The number of ketones is 5. The lowest BCUT2D eigenvalue weighted by atomic mass is 9.69. The van der Waals surface area contributed by atoms with Crippen molar-refractivity contribution in [1.29, 1.82) is 0 Å². The first-order valence-corrected chi connectivity index (χ1v) is 25.8. The summed E-state index contributed by atoms with van der Waals surface area (Å²) >= 11 is 0. The quantitative estimate of drug-likeness (QED) is 0.117. The van der Waals surface area contributed by atoms with E-state index in [1.165, 1.54) is 0 Å². The Morgan fingerprint density at radius 3 is 0.778 bits per heavy atom. The standard InChI is InChI=1S/C65H70O7/c1-35-27-39(5)51(40(6)28-35)60(67)47-19-21-49(57(64(71)23-15-13-16-24-64)55(47)62(69)53-43(9)31-37(3)32-44(53)10)59(66)50-22-20-48(61(68)52-41(7)29-36(2)30-42(52)8)56(58(50)65(72)25-17-14-18-26-65)63(70)54-45(11)33-38(4)34-46(54)12/h19-22,27-34,71-72H,13-18,23-26H2,1-12H3. The minimum absolute atomic E-state index is 0.00474. The number of carbonyl (C=O) groups excluding carboxylic acids is 5. The highest BCUT2D eigenvalue weighted by Crippen LogP contribution is 2.47. The second-order valence-electron chi connectivity index (χ2n) is 21.7. The third-order valence-electron chi connectivity index (χ3n) is 15.8. The maximum absolute atomic E-state index is 16.4. The van der Waals surface area contributed by atoms with Crippen molar-refractivity contribution in [2.75, 3.05) is 0 Å². The fourth-order valence-electron chi connectivity index (χ4n) is 13.0. The van der Waals surface area contributed by atoms with E-state index in [0.717, 1.165) is 57.3 Å². The molecule has 2 aliphatic rings. The van der Waals surface area contributed by atoms with Crippen LogP contribution in [0.25, 0.3) is 0 Å². The topological polar surface area (TPSA) is 126 Å². The first-order valence-electron chi connectivity index (χ1n) is 25.8. The van der Waals surface area contributed by atoms with Crippen LogP contribution in [0.3, 0.4) is 0 Å². The molecule has 7 nitrogen and oxygen atoms in total. The predicted octanol–water partition coefficient (Wildman–Crippen LogP) is 13.8. The molecule has 0 atom stereocenters. The summed E-state index contributed by atoms with van der Waals surface area (Å²) in [5, 5.41) is 26.6. The molecule has 0 radical (unpaired) electrons. The molecule has 0 heterocycles. The number of aliphatic hydroxyl groups is 2. The number of carbonyl (C=O) groups is 5. The van der Waals surface area contributed by atoms with Crippen LogP contribution in [-0.4, -0.2) is 39.1 Å². The average Bonchev–Trinajstić information content (AvgIpc) is 3.29. The number of hydrogen-bond acceptors (Lipinski definition) is 7. The Kier molecular flexibility index (Phi) is 14.3. The van der Waals surface area contributed by atoms with E-state index in [4.69, 9.17) is 0 Å². The van der Waals surface area contributed by atoms with Gasteiger partial charge >= 0.3 is 0 Å². The van der Waals surface area contributed by atoms with E-state index in [1.54, 1.807) is 24.3 Å². The van der Waals surface area contributed by atoms with Gasteiger partial charge in [-0.2, -0.15) is 0 Å². The van der Waals surface area contributed by atoms with Gasteiger partial charge in [0.1, 0.15) is 0 Å². The minimum atomic E-state index is -1.72. The van der Waals surface area contributed by atoms with Crippen molar-refractivity contribution < 1.29 is 34.2 Å². The van der Waals surface area contributed by atoms with Gasteiger partial charge in [0.05, 0.1) is 11.2 Å². The Hall–Kier alpha value is -6.41. The van der Waals surface area contributed by atoms with Crippen LogP contribution in [0.5, 0.6) is 0 Å². The molecule has 2 aliphatic carbocycles. The molecule has 6 aromatic carbocycles. The molecule has 0 spiro atoms. The average molecular weight is 963 g/mol. The molecular formula is C65H70O7. The van der Waals surface area contributed by atoms with Crippen molar-refractivity contribution in [3.63, 3.8) is 0 Å². The van der Waals surface area contributed by atoms with Crippen molar-refractivity contribution in [2.45, 2.75) is 158 Å². The third-order valence-corrected chi connectivity index (χ3v) is 15.8. The maximum Gasteiger partial charge on any atom is 0.194 e. The Balaban J connectivity index is 1.51. The van der Waals surface area contributed by atoms with Crippen molar-refractivity contribution in [3.05, 3.63) is 206 Å². The summed E-state index contributed by atoms with van der Waals surface area (Å²) < 4.78 is 0. The van der Waals surface area contributed by atoms with Gasteiger partial charge < -0.3 is 10.2 Å². The van der Waals surface area contributed by atoms with Crippen molar-refractivity contribution >= 4 is 28.9 Å². The molecule has 0 aliphatic heterocycles. The molecule has 372 valence electrons. The molecule has 7 heteroatoms. The molecule has 6 aromatic rings. The molecule has 0 amide bonds. The lowest BCUT2D eigenvalue weighted by Crippen LogP contribution is -2.36. The highest BCUT2D eigenvalue weighted by atomic mass is 16.3. The molecule has 72 heavy (non-hydrogen) atoms. The van der Waals surface area contributed by atoms with E-state index in [1.807, 2.05) is 132 Å². The van der Waals surface area contributed by atoms with Crippen LogP contribution in [-0.2, 0) is 11.2 Å². The first-order chi connectivity index (χ1) is 34.0. The van der Waals surface area contributed by atoms with Crippen LogP contribution in [0, 0.1) is 83.1 Å². The van der Waals surface area contributed by atoms with Crippen LogP contribution >= 0.6 is 0 Å². The fourth-order valence-corrected chi connectivity index (χ4v) is 13.0.